The summed E-state index contributed by atoms with van der Waals surface area (Å²) in [5, 5.41) is 9.71. The van der Waals surface area contributed by atoms with Crippen LogP contribution in [-0.4, -0.2) is 22.0 Å². The molecule has 1 aromatic carbocycles. The molecule has 0 aliphatic heterocycles. The van der Waals surface area contributed by atoms with E-state index in [9.17, 15) is 9.90 Å². The van der Waals surface area contributed by atoms with Crippen LogP contribution in [0.25, 0.3) is 0 Å². The van der Waals surface area contributed by atoms with E-state index in [2.05, 4.69) is 0 Å². The lowest BCUT2D eigenvalue weighted by atomic mass is 10.2. The van der Waals surface area contributed by atoms with Crippen molar-refractivity contribution in [2.75, 3.05) is 0 Å². The number of halogens is 1. The van der Waals surface area contributed by atoms with Gasteiger partial charge < -0.3 is 14.4 Å². The van der Waals surface area contributed by atoms with Gasteiger partial charge in [0.1, 0.15) is 5.75 Å². The fourth-order valence-electron chi connectivity index (χ4n) is 2.18. The second kappa shape index (κ2) is 5.21. The number of furan rings is 1. The molecule has 20 heavy (non-hydrogen) atoms. The zero-order valence-corrected chi connectivity index (χ0v) is 11.5. The van der Waals surface area contributed by atoms with Crippen molar-refractivity contribution in [2.45, 2.75) is 25.4 Å². The molecule has 0 radical (unpaired) electrons. The standard InChI is InChI=1S/C15H14ClNO3/c16-14-7-6-13(20-14)15(19)17(11-4-5-11)9-10-2-1-3-12(18)8-10/h1-3,6-8,11,18H,4-5,9H2. The summed E-state index contributed by atoms with van der Waals surface area (Å²) < 4.78 is 5.19. The quantitative estimate of drug-likeness (QED) is 0.939. The number of phenols is 1. The van der Waals surface area contributed by atoms with E-state index in [0.717, 1.165) is 18.4 Å². The maximum Gasteiger partial charge on any atom is 0.290 e. The Labute approximate surface area is 121 Å². The number of aromatic hydroxyl groups is 1. The predicted octanol–water partition coefficient (Wildman–Crippen LogP) is 3.44. The summed E-state index contributed by atoms with van der Waals surface area (Å²) in [5.74, 6) is 0.288. The smallest absolute Gasteiger partial charge is 0.290 e. The zero-order chi connectivity index (χ0) is 14.1. The molecule has 1 saturated carbocycles. The van der Waals surface area contributed by atoms with Crippen LogP contribution in [0.2, 0.25) is 5.22 Å². The minimum atomic E-state index is -0.164. The number of carbonyl (C=O) groups excluding carboxylic acids is 1. The van der Waals surface area contributed by atoms with Crippen molar-refractivity contribution in [3.05, 3.63) is 52.9 Å². The van der Waals surface area contributed by atoms with Gasteiger partial charge >= 0.3 is 0 Å². The van der Waals surface area contributed by atoms with Gasteiger partial charge in [-0.25, -0.2) is 0 Å². The summed E-state index contributed by atoms with van der Waals surface area (Å²) in [7, 11) is 0. The largest absolute Gasteiger partial charge is 0.508 e. The average Bonchev–Trinajstić information content (AvgIpc) is 3.17. The summed E-state index contributed by atoms with van der Waals surface area (Å²) in [6, 6.07) is 10.3. The van der Waals surface area contributed by atoms with Crippen LogP contribution < -0.4 is 0 Å². The molecule has 1 amide bonds. The molecule has 0 saturated heterocycles. The van der Waals surface area contributed by atoms with Gasteiger partial charge in [-0.2, -0.15) is 0 Å². The number of carbonyl (C=O) groups is 1. The maximum atomic E-state index is 12.4. The van der Waals surface area contributed by atoms with E-state index in [1.54, 1.807) is 35.2 Å². The molecule has 0 atom stereocenters. The first-order valence-electron chi connectivity index (χ1n) is 6.48. The molecule has 1 heterocycles. The molecule has 1 aliphatic carbocycles. The van der Waals surface area contributed by atoms with Crippen LogP contribution >= 0.6 is 11.6 Å². The summed E-state index contributed by atoms with van der Waals surface area (Å²) in [5.41, 5.74) is 0.892. The van der Waals surface area contributed by atoms with Crippen molar-refractivity contribution in [1.82, 2.24) is 4.90 Å². The third-order valence-electron chi connectivity index (χ3n) is 3.30. The molecular formula is C15H14ClNO3. The molecule has 0 unspecified atom stereocenters. The Balaban J connectivity index is 1.81. The van der Waals surface area contributed by atoms with Crippen LogP contribution in [-0.2, 0) is 6.54 Å². The zero-order valence-electron chi connectivity index (χ0n) is 10.8. The highest BCUT2D eigenvalue weighted by molar-refractivity contribution is 6.29. The van der Waals surface area contributed by atoms with Crippen molar-refractivity contribution >= 4 is 17.5 Å². The highest BCUT2D eigenvalue weighted by Gasteiger charge is 2.34. The first-order valence-corrected chi connectivity index (χ1v) is 6.85. The van der Waals surface area contributed by atoms with E-state index >= 15 is 0 Å². The van der Waals surface area contributed by atoms with Crippen LogP contribution in [0.5, 0.6) is 5.75 Å². The lowest BCUT2D eigenvalue weighted by molar-refractivity contribution is 0.0697. The summed E-state index contributed by atoms with van der Waals surface area (Å²) in [6.07, 6.45) is 2.00. The predicted molar refractivity (Wildman–Crippen MR) is 74.7 cm³/mol. The van der Waals surface area contributed by atoms with Gasteiger partial charge in [0.25, 0.3) is 5.91 Å². The molecule has 5 heteroatoms. The van der Waals surface area contributed by atoms with Crippen molar-refractivity contribution < 1.29 is 14.3 Å². The highest BCUT2D eigenvalue weighted by atomic mass is 35.5. The van der Waals surface area contributed by atoms with Gasteiger partial charge in [0.2, 0.25) is 0 Å². The maximum absolute atomic E-state index is 12.4. The number of phenolic OH excluding ortho intramolecular Hbond substituents is 1. The molecule has 3 rings (SSSR count). The van der Waals surface area contributed by atoms with E-state index in [1.165, 1.54) is 0 Å². The molecule has 1 fully saturated rings. The average molecular weight is 292 g/mol. The molecule has 1 N–H and O–H groups in total. The van der Waals surface area contributed by atoms with Crippen LogP contribution in [0.4, 0.5) is 0 Å². The van der Waals surface area contributed by atoms with Crippen LogP contribution in [0.3, 0.4) is 0 Å². The topological polar surface area (TPSA) is 53.7 Å². The van der Waals surface area contributed by atoms with Crippen LogP contribution in [0, 0.1) is 0 Å². The molecule has 104 valence electrons. The Morgan fingerprint density at radius 3 is 2.75 bits per heavy atom. The minimum absolute atomic E-state index is 0.164. The summed E-state index contributed by atoms with van der Waals surface area (Å²) >= 11 is 5.71. The molecular weight excluding hydrogens is 278 g/mol. The molecule has 4 nitrogen and oxygen atoms in total. The first kappa shape index (κ1) is 13.1. The van der Waals surface area contributed by atoms with Gasteiger partial charge in [-0.05, 0) is 54.3 Å². The van der Waals surface area contributed by atoms with Crippen molar-refractivity contribution in [1.29, 1.82) is 0 Å². The molecule has 0 spiro atoms. The first-order chi connectivity index (χ1) is 9.63. The third-order valence-corrected chi connectivity index (χ3v) is 3.50. The number of rotatable bonds is 4. The van der Waals surface area contributed by atoms with Gasteiger partial charge in [-0.1, -0.05) is 12.1 Å². The Morgan fingerprint density at radius 1 is 1.35 bits per heavy atom. The monoisotopic (exact) mass is 291 g/mol. The van der Waals surface area contributed by atoms with Crippen molar-refractivity contribution in [3.8, 4) is 5.75 Å². The van der Waals surface area contributed by atoms with E-state index in [4.69, 9.17) is 16.0 Å². The Hall–Kier alpha value is -1.94. The van der Waals surface area contributed by atoms with E-state index in [-0.39, 0.29) is 28.7 Å². The highest BCUT2D eigenvalue weighted by Crippen LogP contribution is 2.30. The lowest BCUT2D eigenvalue weighted by Crippen LogP contribution is -2.32. The van der Waals surface area contributed by atoms with Gasteiger partial charge in [-0.3, -0.25) is 4.79 Å². The van der Waals surface area contributed by atoms with E-state index in [1.807, 2.05) is 6.07 Å². The summed E-state index contributed by atoms with van der Waals surface area (Å²) in [6.45, 7) is 0.455. The minimum Gasteiger partial charge on any atom is -0.508 e. The Kier molecular flexibility index (Phi) is 3.40. The normalized spacial score (nSPS) is 14.2. The summed E-state index contributed by atoms with van der Waals surface area (Å²) in [4.78, 5) is 14.2. The second-order valence-corrected chi connectivity index (χ2v) is 5.31. The van der Waals surface area contributed by atoms with Gasteiger partial charge in [0, 0.05) is 12.6 Å². The van der Waals surface area contributed by atoms with Crippen molar-refractivity contribution in [2.24, 2.45) is 0 Å². The van der Waals surface area contributed by atoms with Crippen LogP contribution in [0.15, 0.2) is 40.8 Å². The van der Waals surface area contributed by atoms with Crippen molar-refractivity contribution in [3.63, 3.8) is 0 Å². The number of benzene rings is 1. The molecule has 0 bridgehead atoms. The SMILES string of the molecule is O=C(c1ccc(Cl)o1)N(Cc1cccc(O)c1)C1CC1. The Bertz CT molecular complexity index is 634. The number of hydrogen-bond acceptors (Lipinski definition) is 3. The molecule has 1 aliphatic rings. The number of hydrogen-bond donors (Lipinski definition) is 1. The lowest BCUT2D eigenvalue weighted by Gasteiger charge is -2.21. The van der Waals surface area contributed by atoms with Gasteiger partial charge in [0.15, 0.2) is 11.0 Å². The number of nitrogens with zero attached hydrogens (tertiary/aromatic N) is 1. The fourth-order valence-corrected chi connectivity index (χ4v) is 2.32. The van der Waals surface area contributed by atoms with Crippen LogP contribution in [0.1, 0.15) is 29.0 Å². The van der Waals surface area contributed by atoms with E-state index in [0.29, 0.717) is 6.54 Å². The molecule has 2 aromatic rings. The third kappa shape index (κ3) is 2.80. The van der Waals surface area contributed by atoms with Gasteiger partial charge in [0.05, 0.1) is 0 Å². The second-order valence-electron chi connectivity index (χ2n) is 4.94. The fraction of sp³-hybridized carbons (Fsp3) is 0.267. The number of amides is 1. The van der Waals surface area contributed by atoms with Gasteiger partial charge in [-0.15, -0.1) is 0 Å². The van der Waals surface area contributed by atoms with E-state index < -0.39 is 0 Å². The molecule has 1 aromatic heterocycles. The Morgan fingerprint density at radius 2 is 2.15 bits per heavy atom.